The van der Waals surface area contributed by atoms with Crippen LogP contribution in [0.2, 0.25) is 0 Å². The smallest absolute Gasteiger partial charge is 0.224 e. The molecular formula is C13H9F4NO2S. The fourth-order valence-corrected chi connectivity index (χ4v) is 2.54. The molecule has 0 saturated carbocycles. The average Bonchev–Trinajstić information content (AvgIpc) is 2.41. The summed E-state index contributed by atoms with van der Waals surface area (Å²) in [4.78, 5) is -1.81. The predicted octanol–water partition coefficient (Wildman–Crippen LogP) is 2.48. The molecule has 0 aliphatic heterocycles. The monoisotopic (exact) mass is 319 g/mol. The van der Waals surface area contributed by atoms with E-state index in [1.54, 1.807) is 18.2 Å². The van der Waals surface area contributed by atoms with Crippen LogP contribution in [0, 0.1) is 23.3 Å². The molecule has 0 bridgehead atoms. The molecule has 2 aromatic carbocycles. The number of nitrogens with two attached hydrogens (primary N) is 1. The first-order valence-electron chi connectivity index (χ1n) is 5.65. The molecule has 3 nitrogen and oxygen atoms in total. The SMILES string of the molecule is NS(=O)(=O)c1c(F)c(F)c(Cc2ccccc2)c(F)c1F. The molecule has 0 spiro atoms. The van der Waals surface area contributed by atoms with E-state index in [2.05, 4.69) is 5.14 Å². The molecule has 2 rings (SSSR count). The third-order valence-electron chi connectivity index (χ3n) is 2.82. The van der Waals surface area contributed by atoms with Crippen LogP contribution >= 0.6 is 0 Å². The van der Waals surface area contributed by atoms with Gasteiger partial charge in [0.1, 0.15) is 0 Å². The van der Waals surface area contributed by atoms with Crippen LogP contribution in [0.3, 0.4) is 0 Å². The van der Waals surface area contributed by atoms with Gasteiger partial charge in [0.15, 0.2) is 28.2 Å². The molecule has 0 saturated heterocycles. The lowest BCUT2D eigenvalue weighted by Crippen LogP contribution is -2.19. The number of hydrogen-bond acceptors (Lipinski definition) is 2. The molecule has 2 N–H and O–H groups in total. The average molecular weight is 319 g/mol. The van der Waals surface area contributed by atoms with E-state index in [1.807, 2.05) is 0 Å². The molecule has 0 unspecified atom stereocenters. The van der Waals surface area contributed by atoms with Crippen molar-refractivity contribution in [1.29, 1.82) is 0 Å². The summed E-state index contributed by atoms with van der Waals surface area (Å²) in [6.45, 7) is 0. The Kier molecular flexibility index (Phi) is 4.02. The lowest BCUT2D eigenvalue weighted by atomic mass is 10.0. The van der Waals surface area contributed by atoms with Gasteiger partial charge in [-0.25, -0.2) is 31.1 Å². The van der Waals surface area contributed by atoms with E-state index in [1.165, 1.54) is 12.1 Å². The van der Waals surface area contributed by atoms with Gasteiger partial charge in [-0.2, -0.15) is 0 Å². The van der Waals surface area contributed by atoms with Crippen LogP contribution < -0.4 is 5.14 Å². The van der Waals surface area contributed by atoms with Gasteiger partial charge in [0.25, 0.3) is 0 Å². The number of hydrogen-bond donors (Lipinski definition) is 1. The van der Waals surface area contributed by atoms with Gasteiger partial charge < -0.3 is 0 Å². The molecule has 0 aliphatic carbocycles. The van der Waals surface area contributed by atoms with Crippen LogP contribution in [0.1, 0.15) is 11.1 Å². The van der Waals surface area contributed by atoms with E-state index in [9.17, 15) is 26.0 Å². The zero-order valence-electron chi connectivity index (χ0n) is 10.4. The Labute approximate surface area is 118 Å². The maximum absolute atomic E-state index is 13.8. The zero-order chi connectivity index (χ0) is 15.8. The van der Waals surface area contributed by atoms with Gasteiger partial charge in [-0.1, -0.05) is 30.3 Å². The van der Waals surface area contributed by atoms with E-state index in [4.69, 9.17) is 0 Å². The number of halogens is 4. The Hall–Kier alpha value is -1.93. The van der Waals surface area contributed by atoms with Crippen molar-refractivity contribution in [3.05, 3.63) is 64.7 Å². The Bertz CT molecular complexity index is 763. The first kappa shape index (κ1) is 15.5. The minimum Gasteiger partial charge on any atom is -0.224 e. The van der Waals surface area contributed by atoms with Crippen molar-refractivity contribution in [2.45, 2.75) is 11.3 Å². The second-order valence-corrected chi connectivity index (χ2v) is 5.77. The van der Waals surface area contributed by atoms with E-state index >= 15 is 0 Å². The number of primary sulfonamides is 1. The Morgan fingerprint density at radius 3 is 1.76 bits per heavy atom. The van der Waals surface area contributed by atoms with E-state index in [0.717, 1.165) is 0 Å². The summed E-state index contributed by atoms with van der Waals surface area (Å²) >= 11 is 0. The molecule has 0 atom stereocenters. The van der Waals surface area contributed by atoms with Gasteiger partial charge >= 0.3 is 0 Å². The van der Waals surface area contributed by atoms with Crippen LogP contribution in [0.4, 0.5) is 17.6 Å². The molecule has 0 heterocycles. The molecule has 21 heavy (non-hydrogen) atoms. The standard InChI is InChI=1S/C13H9F4NO2S/c14-9-8(6-7-4-2-1-3-5-7)10(15)12(17)13(11(9)16)21(18,19)20/h1-5H,6H2,(H2,18,19,20). The van der Waals surface area contributed by atoms with Gasteiger partial charge in [-0.15, -0.1) is 0 Å². The second-order valence-electron chi connectivity index (χ2n) is 4.27. The minimum absolute atomic E-state index is 0.400. The van der Waals surface area contributed by atoms with E-state index < -0.39 is 50.2 Å². The highest BCUT2D eigenvalue weighted by Gasteiger charge is 2.31. The molecule has 0 amide bonds. The van der Waals surface area contributed by atoms with Crippen molar-refractivity contribution in [1.82, 2.24) is 0 Å². The van der Waals surface area contributed by atoms with Gasteiger partial charge in [0.05, 0.1) is 0 Å². The second kappa shape index (κ2) is 5.45. The highest BCUT2D eigenvalue weighted by atomic mass is 32.2. The van der Waals surface area contributed by atoms with Crippen molar-refractivity contribution < 1.29 is 26.0 Å². The van der Waals surface area contributed by atoms with Gasteiger partial charge in [-0.05, 0) is 5.56 Å². The molecule has 2 aromatic rings. The molecule has 0 aromatic heterocycles. The largest absolute Gasteiger partial charge is 0.244 e. The quantitative estimate of drug-likeness (QED) is 0.698. The molecule has 8 heteroatoms. The molecule has 0 fully saturated rings. The summed E-state index contributed by atoms with van der Waals surface area (Å²) < 4.78 is 77.0. The maximum Gasteiger partial charge on any atom is 0.244 e. The van der Waals surface area contributed by atoms with Crippen molar-refractivity contribution in [3.8, 4) is 0 Å². The van der Waals surface area contributed by atoms with Crippen LogP contribution in [0.15, 0.2) is 35.2 Å². The van der Waals surface area contributed by atoms with Crippen molar-refractivity contribution in [3.63, 3.8) is 0 Å². The first-order chi connectivity index (χ1) is 9.73. The number of rotatable bonds is 3. The summed E-state index contributed by atoms with van der Waals surface area (Å²) in [7, 11) is -4.93. The van der Waals surface area contributed by atoms with Crippen LogP contribution in [0.25, 0.3) is 0 Å². The fraction of sp³-hybridized carbons (Fsp3) is 0.0769. The van der Waals surface area contributed by atoms with Crippen LogP contribution in [-0.2, 0) is 16.4 Å². The Balaban J connectivity index is 2.65. The topological polar surface area (TPSA) is 60.2 Å². The number of benzene rings is 2. The van der Waals surface area contributed by atoms with Crippen LogP contribution in [0.5, 0.6) is 0 Å². The fourth-order valence-electron chi connectivity index (χ4n) is 1.86. The number of sulfonamides is 1. The highest BCUT2D eigenvalue weighted by molar-refractivity contribution is 7.89. The highest BCUT2D eigenvalue weighted by Crippen LogP contribution is 2.28. The normalized spacial score (nSPS) is 11.7. The summed E-state index contributed by atoms with van der Waals surface area (Å²) in [5.74, 6) is -7.60. The van der Waals surface area contributed by atoms with Crippen LogP contribution in [-0.4, -0.2) is 8.42 Å². The van der Waals surface area contributed by atoms with E-state index in [-0.39, 0.29) is 0 Å². The lowest BCUT2D eigenvalue weighted by molar-refractivity contribution is 0.409. The summed E-state index contributed by atoms with van der Waals surface area (Å²) in [5.41, 5.74) is -0.499. The lowest BCUT2D eigenvalue weighted by Gasteiger charge is -2.10. The molecule has 0 aliphatic rings. The van der Waals surface area contributed by atoms with Crippen molar-refractivity contribution >= 4 is 10.0 Å². The molecule has 0 radical (unpaired) electrons. The third-order valence-corrected chi connectivity index (χ3v) is 3.75. The summed E-state index contributed by atoms with van der Waals surface area (Å²) in [6, 6.07) is 7.82. The molecular weight excluding hydrogens is 310 g/mol. The van der Waals surface area contributed by atoms with E-state index in [0.29, 0.717) is 5.56 Å². The van der Waals surface area contributed by atoms with Gasteiger partial charge in [0.2, 0.25) is 10.0 Å². The molecule has 112 valence electrons. The Morgan fingerprint density at radius 1 is 0.857 bits per heavy atom. The van der Waals surface area contributed by atoms with Gasteiger partial charge in [0, 0.05) is 12.0 Å². The minimum atomic E-state index is -4.93. The predicted molar refractivity (Wildman–Crippen MR) is 66.9 cm³/mol. The maximum atomic E-state index is 13.8. The zero-order valence-corrected chi connectivity index (χ0v) is 11.2. The van der Waals surface area contributed by atoms with Crippen molar-refractivity contribution in [2.24, 2.45) is 5.14 Å². The van der Waals surface area contributed by atoms with Crippen molar-refractivity contribution in [2.75, 3.05) is 0 Å². The Morgan fingerprint density at radius 2 is 1.33 bits per heavy atom. The summed E-state index contributed by atoms with van der Waals surface area (Å²) in [6.07, 6.45) is -0.433. The van der Waals surface area contributed by atoms with Gasteiger partial charge in [-0.3, -0.25) is 0 Å². The summed E-state index contributed by atoms with van der Waals surface area (Å²) in [5, 5.41) is 4.56. The first-order valence-corrected chi connectivity index (χ1v) is 7.19. The third kappa shape index (κ3) is 2.91.